The molecule has 1 N–H and O–H groups in total. The van der Waals surface area contributed by atoms with E-state index < -0.39 is 0 Å². The van der Waals surface area contributed by atoms with Crippen molar-refractivity contribution in [2.24, 2.45) is 0 Å². The SMILES string of the molecule is CCCN(C(=O)c1cccs1)C1CCN(Cc2cccc3c2NCC3)CC1. The van der Waals surface area contributed by atoms with Crippen molar-refractivity contribution in [3.63, 3.8) is 0 Å². The number of benzene rings is 1. The highest BCUT2D eigenvalue weighted by atomic mass is 32.1. The smallest absolute Gasteiger partial charge is 0.264 e. The van der Waals surface area contributed by atoms with Gasteiger partial charge in [-0.15, -0.1) is 11.3 Å². The zero-order valence-electron chi connectivity index (χ0n) is 16.1. The number of rotatable bonds is 6. The number of hydrogen-bond donors (Lipinski definition) is 1. The van der Waals surface area contributed by atoms with Gasteiger partial charge in [-0.3, -0.25) is 9.69 Å². The number of piperidine rings is 1. The third-order valence-electron chi connectivity index (χ3n) is 5.78. The Morgan fingerprint density at radius 1 is 1.26 bits per heavy atom. The predicted molar refractivity (Wildman–Crippen MR) is 113 cm³/mol. The zero-order chi connectivity index (χ0) is 18.6. The van der Waals surface area contributed by atoms with Gasteiger partial charge in [0.1, 0.15) is 0 Å². The second-order valence-electron chi connectivity index (χ2n) is 7.61. The van der Waals surface area contributed by atoms with Crippen molar-refractivity contribution in [1.29, 1.82) is 0 Å². The molecule has 1 fully saturated rings. The number of thiophene rings is 1. The molecule has 1 saturated heterocycles. The molecule has 144 valence electrons. The van der Waals surface area contributed by atoms with Crippen LogP contribution in [0.15, 0.2) is 35.7 Å². The average molecular weight is 384 g/mol. The lowest BCUT2D eigenvalue weighted by molar-refractivity contribution is 0.0570. The fourth-order valence-corrected chi connectivity index (χ4v) is 5.08. The van der Waals surface area contributed by atoms with E-state index in [0.29, 0.717) is 6.04 Å². The summed E-state index contributed by atoms with van der Waals surface area (Å²) in [6.45, 7) is 7.21. The third-order valence-corrected chi connectivity index (χ3v) is 6.64. The summed E-state index contributed by atoms with van der Waals surface area (Å²) in [7, 11) is 0. The lowest BCUT2D eigenvalue weighted by atomic mass is 10.0. The number of fused-ring (bicyclic) bond motifs is 1. The van der Waals surface area contributed by atoms with Gasteiger partial charge < -0.3 is 10.2 Å². The van der Waals surface area contributed by atoms with E-state index in [9.17, 15) is 4.79 Å². The Morgan fingerprint density at radius 2 is 2.11 bits per heavy atom. The minimum atomic E-state index is 0.218. The molecule has 4 rings (SSSR count). The van der Waals surface area contributed by atoms with E-state index in [2.05, 4.69) is 40.2 Å². The molecule has 4 nitrogen and oxygen atoms in total. The molecule has 0 bridgehead atoms. The van der Waals surface area contributed by atoms with Gasteiger partial charge in [0.2, 0.25) is 0 Å². The zero-order valence-corrected chi connectivity index (χ0v) is 16.9. The van der Waals surface area contributed by atoms with Gasteiger partial charge in [-0.2, -0.15) is 0 Å². The maximum atomic E-state index is 12.9. The first-order chi connectivity index (χ1) is 13.3. The third kappa shape index (κ3) is 4.04. The monoisotopic (exact) mass is 383 g/mol. The average Bonchev–Trinajstić information content (AvgIpc) is 3.38. The number of anilines is 1. The molecule has 0 spiro atoms. The Hall–Kier alpha value is -1.85. The van der Waals surface area contributed by atoms with Gasteiger partial charge in [-0.25, -0.2) is 0 Å². The van der Waals surface area contributed by atoms with E-state index in [4.69, 9.17) is 0 Å². The predicted octanol–water partition coefficient (Wildman–Crippen LogP) is 4.23. The highest BCUT2D eigenvalue weighted by Crippen LogP contribution is 2.29. The largest absolute Gasteiger partial charge is 0.384 e. The second-order valence-corrected chi connectivity index (χ2v) is 8.56. The lowest BCUT2D eigenvalue weighted by Crippen LogP contribution is -2.47. The number of carbonyl (C=O) groups is 1. The summed E-state index contributed by atoms with van der Waals surface area (Å²) in [6, 6.07) is 11.0. The lowest BCUT2D eigenvalue weighted by Gasteiger charge is -2.38. The summed E-state index contributed by atoms with van der Waals surface area (Å²) >= 11 is 1.55. The quantitative estimate of drug-likeness (QED) is 0.811. The molecule has 1 aromatic carbocycles. The molecule has 3 heterocycles. The molecule has 0 saturated carbocycles. The number of nitrogens with one attached hydrogen (secondary N) is 1. The molecule has 2 aromatic rings. The van der Waals surface area contributed by atoms with Gasteiger partial charge >= 0.3 is 0 Å². The number of carbonyl (C=O) groups excluding carboxylic acids is 1. The summed E-state index contributed by atoms with van der Waals surface area (Å²) in [5, 5.41) is 5.55. The molecule has 1 amide bonds. The van der Waals surface area contributed by atoms with E-state index in [1.54, 1.807) is 11.3 Å². The van der Waals surface area contributed by atoms with Gasteiger partial charge in [0.05, 0.1) is 4.88 Å². The summed E-state index contributed by atoms with van der Waals surface area (Å²) in [5.41, 5.74) is 4.24. The van der Waals surface area contributed by atoms with Crippen molar-refractivity contribution in [2.75, 3.05) is 31.5 Å². The minimum absolute atomic E-state index is 0.218. The van der Waals surface area contributed by atoms with Crippen LogP contribution in [0.5, 0.6) is 0 Å². The van der Waals surface area contributed by atoms with Gasteiger partial charge in [0.15, 0.2) is 0 Å². The first-order valence-corrected chi connectivity index (χ1v) is 11.1. The van der Waals surface area contributed by atoms with Crippen LogP contribution in [-0.2, 0) is 13.0 Å². The van der Waals surface area contributed by atoms with E-state index in [1.165, 1.54) is 16.8 Å². The number of nitrogens with zero attached hydrogens (tertiary/aromatic N) is 2. The van der Waals surface area contributed by atoms with Crippen molar-refractivity contribution in [2.45, 2.75) is 45.2 Å². The second kappa shape index (κ2) is 8.44. The van der Waals surface area contributed by atoms with E-state index >= 15 is 0 Å². The highest BCUT2D eigenvalue weighted by molar-refractivity contribution is 7.12. The van der Waals surface area contributed by atoms with Crippen molar-refractivity contribution in [1.82, 2.24) is 9.80 Å². The number of amides is 1. The molecule has 0 aliphatic carbocycles. The molecule has 1 aromatic heterocycles. The first kappa shape index (κ1) is 18.5. The molecular formula is C22H29N3OS. The van der Waals surface area contributed by atoms with Crippen LogP contribution in [0.4, 0.5) is 5.69 Å². The normalized spacial score (nSPS) is 17.5. The Morgan fingerprint density at radius 3 is 2.85 bits per heavy atom. The fraction of sp³-hybridized carbons (Fsp3) is 0.500. The molecule has 5 heteroatoms. The van der Waals surface area contributed by atoms with Crippen LogP contribution < -0.4 is 5.32 Å². The van der Waals surface area contributed by atoms with Crippen LogP contribution >= 0.6 is 11.3 Å². The van der Waals surface area contributed by atoms with Gasteiger partial charge in [0, 0.05) is 44.5 Å². The fourth-order valence-electron chi connectivity index (χ4n) is 4.41. The number of para-hydroxylation sites is 1. The van der Waals surface area contributed by atoms with Crippen molar-refractivity contribution < 1.29 is 4.79 Å². The van der Waals surface area contributed by atoms with Crippen molar-refractivity contribution >= 4 is 22.9 Å². The molecule has 0 atom stereocenters. The Balaban J connectivity index is 1.38. The van der Waals surface area contributed by atoms with Crippen LogP contribution in [0, 0.1) is 0 Å². The summed E-state index contributed by atoms with van der Waals surface area (Å²) < 4.78 is 0. The molecule has 2 aliphatic rings. The van der Waals surface area contributed by atoms with Crippen molar-refractivity contribution in [3.05, 3.63) is 51.7 Å². The maximum Gasteiger partial charge on any atom is 0.264 e. The molecular weight excluding hydrogens is 354 g/mol. The number of hydrogen-bond acceptors (Lipinski definition) is 4. The number of likely N-dealkylation sites (tertiary alicyclic amines) is 1. The van der Waals surface area contributed by atoms with Gasteiger partial charge in [-0.05, 0) is 48.3 Å². The topological polar surface area (TPSA) is 35.6 Å². The molecule has 2 aliphatic heterocycles. The Labute approximate surface area is 166 Å². The molecule has 27 heavy (non-hydrogen) atoms. The molecule has 0 radical (unpaired) electrons. The van der Waals surface area contributed by atoms with Gasteiger partial charge in [-0.1, -0.05) is 31.2 Å². The van der Waals surface area contributed by atoms with E-state index in [0.717, 1.165) is 63.3 Å². The van der Waals surface area contributed by atoms with Crippen molar-refractivity contribution in [3.8, 4) is 0 Å². The summed E-state index contributed by atoms with van der Waals surface area (Å²) in [6.07, 6.45) is 4.29. The van der Waals surface area contributed by atoms with E-state index in [-0.39, 0.29) is 5.91 Å². The van der Waals surface area contributed by atoms with Crippen LogP contribution in [-0.4, -0.2) is 47.9 Å². The Bertz CT molecular complexity index is 766. The van der Waals surface area contributed by atoms with Crippen LogP contribution in [0.25, 0.3) is 0 Å². The summed E-state index contributed by atoms with van der Waals surface area (Å²) in [4.78, 5) is 18.5. The summed E-state index contributed by atoms with van der Waals surface area (Å²) in [5.74, 6) is 0.218. The van der Waals surface area contributed by atoms with E-state index in [1.807, 2.05) is 17.5 Å². The molecule has 0 unspecified atom stereocenters. The van der Waals surface area contributed by atoms with Crippen LogP contribution in [0.3, 0.4) is 0 Å². The van der Waals surface area contributed by atoms with Gasteiger partial charge in [0.25, 0.3) is 5.91 Å². The standard InChI is InChI=1S/C22H29N3OS/c1-2-12-25(22(26)20-7-4-15-27-20)19-9-13-24(14-10-19)16-18-6-3-5-17-8-11-23-21(17)18/h3-7,15,19,23H,2,8-14,16H2,1H3. The van der Waals surface area contributed by atoms with Crippen LogP contribution in [0.2, 0.25) is 0 Å². The highest BCUT2D eigenvalue weighted by Gasteiger charge is 2.29. The maximum absolute atomic E-state index is 12.9. The first-order valence-electron chi connectivity index (χ1n) is 10.2. The Kier molecular flexibility index (Phi) is 5.79. The van der Waals surface area contributed by atoms with Crippen LogP contribution in [0.1, 0.15) is 47.0 Å². The minimum Gasteiger partial charge on any atom is -0.384 e.